The monoisotopic (exact) mass is 278 g/mol. The molecule has 0 spiro atoms. The standard InChI is InChI=1S/C11H13BrF2O/c1-8(2)7-15-10-5-3-4-9(6-10)11(12,13)14/h3-6,8H,7H2,1-2H3. The maximum atomic E-state index is 12.9. The molecule has 1 nitrogen and oxygen atoms in total. The van der Waals surface area contributed by atoms with Gasteiger partial charge in [0.25, 0.3) is 0 Å². The number of benzene rings is 1. The zero-order valence-electron chi connectivity index (χ0n) is 8.64. The first-order chi connectivity index (χ1) is 6.89. The highest BCUT2D eigenvalue weighted by Gasteiger charge is 2.27. The van der Waals surface area contributed by atoms with Crippen LogP contribution < -0.4 is 4.74 Å². The summed E-state index contributed by atoms with van der Waals surface area (Å²) in [6.45, 7) is 4.53. The van der Waals surface area contributed by atoms with Gasteiger partial charge >= 0.3 is 4.83 Å². The van der Waals surface area contributed by atoms with Crippen molar-refractivity contribution < 1.29 is 13.5 Å². The third-order valence-electron chi connectivity index (χ3n) is 1.74. The van der Waals surface area contributed by atoms with Gasteiger partial charge in [-0.1, -0.05) is 26.0 Å². The van der Waals surface area contributed by atoms with Gasteiger partial charge in [0.1, 0.15) is 5.75 Å². The van der Waals surface area contributed by atoms with Crippen molar-refractivity contribution in [2.75, 3.05) is 6.61 Å². The van der Waals surface area contributed by atoms with Gasteiger partial charge in [-0.3, -0.25) is 0 Å². The number of halogens is 3. The van der Waals surface area contributed by atoms with Crippen molar-refractivity contribution >= 4 is 15.9 Å². The van der Waals surface area contributed by atoms with Gasteiger partial charge in [-0.25, -0.2) is 0 Å². The van der Waals surface area contributed by atoms with Crippen molar-refractivity contribution in [3.8, 4) is 5.75 Å². The Hall–Kier alpha value is -0.640. The Morgan fingerprint density at radius 2 is 2.07 bits per heavy atom. The number of hydrogen-bond acceptors (Lipinski definition) is 1. The molecular weight excluding hydrogens is 266 g/mol. The van der Waals surface area contributed by atoms with E-state index < -0.39 is 4.83 Å². The number of alkyl halides is 3. The molecule has 0 atom stereocenters. The normalized spacial score (nSPS) is 11.9. The third kappa shape index (κ3) is 4.16. The molecule has 1 aromatic carbocycles. The predicted octanol–water partition coefficient (Wildman–Crippen LogP) is 4.17. The largest absolute Gasteiger partial charge is 0.493 e. The van der Waals surface area contributed by atoms with Crippen molar-refractivity contribution in [3.63, 3.8) is 0 Å². The van der Waals surface area contributed by atoms with Crippen molar-refractivity contribution in [3.05, 3.63) is 29.8 Å². The number of ether oxygens (including phenoxy) is 1. The zero-order chi connectivity index (χ0) is 11.5. The zero-order valence-corrected chi connectivity index (χ0v) is 10.2. The first-order valence-corrected chi connectivity index (χ1v) is 5.49. The van der Waals surface area contributed by atoms with Crippen LogP contribution in [0.15, 0.2) is 24.3 Å². The minimum Gasteiger partial charge on any atom is -0.493 e. The van der Waals surface area contributed by atoms with Crippen LogP contribution in [0.1, 0.15) is 19.4 Å². The second kappa shape index (κ2) is 4.92. The molecule has 84 valence electrons. The number of hydrogen-bond donors (Lipinski definition) is 0. The second-order valence-corrected chi connectivity index (χ2v) is 4.73. The Labute approximate surface area is 96.6 Å². The summed E-state index contributed by atoms with van der Waals surface area (Å²) in [5.41, 5.74) is -0.0937. The lowest BCUT2D eigenvalue weighted by atomic mass is 10.2. The van der Waals surface area contributed by atoms with Gasteiger partial charge in [-0.05, 0) is 34.0 Å². The van der Waals surface area contributed by atoms with Crippen molar-refractivity contribution in [1.29, 1.82) is 0 Å². The van der Waals surface area contributed by atoms with Gasteiger partial charge in [-0.15, -0.1) is 0 Å². The molecule has 0 saturated carbocycles. The molecule has 0 aliphatic rings. The fourth-order valence-corrected chi connectivity index (χ4v) is 1.27. The first kappa shape index (κ1) is 12.4. The molecule has 0 aromatic heterocycles. The maximum absolute atomic E-state index is 12.9. The van der Waals surface area contributed by atoms with E-state index in [0.717, 1.165) is 0 Å². The molecule has 0 aliphatic carbocycles. The summed E-state index contributed by atoms with van der Waals surface area (Å²) in [5, 5.41) is 0. The molecular formula is C11H13BrF2O. The Bertz CT molecular complexity index is 321. The minimum absolute atomic E-state index is 0.0937. The van der Waals surface area contributed by atoms with Crippen LogP contribution in [0.2, 0.25) is 0 Å². The molecule has 0 fully saturated rings. The summed E-state index contributed by atoms with van der Waals surface area (Å²) in [6, 6.07) is 5.93. The highest BCUT2D eigenvalue weighted by Crippen LogP contribution is 2.35. The lowest BCUT2D eigenvalue weighted by Gasteiger charge is -2.12. The molecule has 4 heteroatoms. The lowest BCUT2D eigenvalue weighted by molar-refractivity contribution is 0.114. The summed E-state index contributed by atoms with van der Waals surface area (Å²) in [7, 11) is 0. The molecule has 15 heavy (non-hydrogen) atoms. The average molecular weight is 279 g/mol. The molecule has 1 aromatic rings. The Morgan fingerprint density at radius 1 is 1.40 bits per heavy atom. The number of rotatable bonds is 4. The van der Waals surface area contributed by atoms with Crippen LogP contribution >= 0.6 is 15.9 Å². The van der Waals surface area contributed by atoms with Crippen molar-refractivity contribution in [1.82, 2.24) is 0 Å². The molecule has 0 amide bonds. The van der Waals surface area contributed by atoms with Crippen LogP contribution in [0.5, 0.6) is 5.75 Å². The molecule has 0 saturated heterocycles. The van der Waals surface area contributed by atoms with Gasteiger partial charge < -0.3 is 4.74 Å². The van der Waals surface area contributed by atoms with Crippen LogP contribution in [0, 0.1) is 5.92 Å². The van der Waals surface area contributed by atoms with E-state index in [9.17, 15) is 8.78 Å². The quantitative estimate of drug-likeness (QED) is 0.752. The smallest absolute Gasteiger partial charge is 0.326 e. The van der Waals surface area contributed by atoms with E-state index >= 15 is 0 Å². The summed E-state index contributed by atoms with van der Waals surface area (Å²) in [4.78, 5) is -3.00. The van der Waals surface area contributed by atoms with Crippen LogP contribution in [0.25, 0.3) is 0 Å². The van der Waals surface area contributed by atoms with E-state index in [-0.39, 0.29) is 5.56 Å². The molecule has 0 N–H and O–H groups in total. The van der Waals surface area contributed by atoms with E-state index in [0.29, 0.717) is 18.3 Å². The second-order valence-electron chi connectivity index (χ2n) is 3.73. The van der Waals surface area contributed by atoms with Gasteiger partial charge in [0.2, 0.25) is 0 Å². The third-order valence-corrected chi connectivity index (χ3v) is 2.20. The van der Waals surface area contributed by atoms with Crippen molar-refractivity contribution in [2.24, 2.45) is 5.92 Å². The first-order valence-electron chi connectivity index (χ1n) is 4.69. The molecule has 0 unspecified atom stereocenters. The lowest BCUT2D eigenvalue weighted by Crippen LogP contribution is -2.06. The van der Waals surface area contributed by atoms with Crippen LogP contribution in [0.3, 0.4) is 0 Å². The highest BCUT2D eigenvalue weighted by molar-refractivity contribution is 9.09. The predicted molar refractivity (Wildman–Crippen MR) is 59.6 cm³/mol. The van der Waals surface area contributed by atoms with Gasteiger partial charge in [-0.2, -0.15) is 8.78 Å². The highest BCUT2D eigenvalue weighted by atomic mass is 79.9. The molecule has 1 rings (SSSR count). The minimum atomic E-state index is -3.00. The summed E-state index contributed by atoms with van der Waals surface area (Å²) < 4.78 is 31.1. The summed E-state index contributed by atoms with van der Waals surface area (Å²) >= 11 is 2.31. The van der Waals surface area contributed by atoms with E-state index in [1.165, 1.54) is 12.1 Å². The fraction of sp³-hybridized carbons (Fsp3) is 0.455. The molecule has 0 aliphatic heterocycles. The van der Waals surface area contributed by atoms with E-state index in [1.54, 1.807) is 12.1 Å². The maximum Gasteiger partial charge on any atom is 0.326 e. The van der Waals surface area contributed by atoms with Crippen LogP contribution in [-0.4, -0.2) is 6.61 Å². The molecule has 0 heterocycles. The van der Waals surface area contributed by atoms with Crippen molar-refractivity contribution in [2.45, 2.75) is 18.7 Å². The Kier molecular flexibility index (Phi) is 4.08. The molecule has 0 bridgehead atoms. The van der Waals surface area contributed by atoms with Gasteiger partial charge in [0, 0.05) is 5.56 Å². The fourth-order valence-electron chi connectivity index (χ4n) is 1.03. The molecule has 0 radical (unpaired) electrons. The van der Waals surface area contributed by atoms with E-state index in [1.807, 2.05) is 13.8 Å². The van der Waals surface area contributed by atoms with Gasteiger partial charge in [0.15, 0.2) is 0 Å². The van der Waals surface area contributed by atoms with Crippen LogP contribution in [0.4, 0.5) is 8.78 Å². The summed E-state index contributed by atoms with van der Waals surface area (Å²) in [6.07, 6.45) is 0. The topological polar surface area (TPSA) is 9.23 Å². The average Bonchev–Trinajstić information content (AvgIpc) is 2.14. The van der Waals surface area contributed by atoms with Gasteiger partial charge in [0.05, 0.1) is 6.61 Å². The van der Waals surface area contributed by atoms with E-state index in [4.69, 9.17) is 4.74 Å². The summed E-state index contributed by atoms with van der Waals surface area (Å²) in [5.74, 6) is 0.846. The van der Waals surface area contributed by atoms with E-state index in [2.05, 4.69) is 15.9 Å². The SMILES string of the molecule is CC(C)COc1cccc(C(F)(F)Br)c1. The van der Waals surface area contributed by atoms with Crippen LogP contribution in [-0.2, 0) is 4.83 Å². The Balaban J connectivity index is 2.75. The Morgan fingerprint density at radius 3 is 2.60 bits per heavy atom.